The van der Waals surface area contributed by atoms with Crippen LogP contribution in [0.2, 0.25) is 0 Å². The summed E-state index contributed by atoms with van der Waals surface area (Å²) in [5.74, 6) is 0.825. The van der Waals surface area contributed by atoms with Gasteiger partial charge >= 0.3 is 0 Å². The maximum atomic E-state index is 10.8. The van der Waals surface area contributed by atoms with Crippen LogP contribution in [-0.2, 0) is 0 Å². The van der Waals surface area contributed by atoms with E-state index in [4.69, 9.17) is 0 Å². The van der Waals surface area contributed by atoms with Gasteiger partial charge in [0.2, 0.25) is 0 Å². The molecule has 0 radical (unpaired) electrons. The Kier molecular flexibility index (Phi) is 3.20. The molecule has 1 heterocycles. The van der Waals surface area contributed by atoms with Crippen LogP contribution in [0.4, 0.5) is 17.1 Å². The molecule has 2 N–H and O–H groups in total. The lowest BCUT2D eigenvalue weighted by atomic mass is 9.97. The number of nitrogens with zero attached hydrogens (tertiary/aromatic N) is 2. The summed E-state index contributed by atoms with van der Waals surface area (Å²) in [5.41, 5.74) is 0.995. The third kappa shape index (κ3) is 2.89. The van der Waals surface area contributed by atoms with Crippen molar-refractivity contribution in [1.29, 1.82) is 0 Å². The van der Waals surface area contributed by atoms with Crippen LogP contribution in [0.25, 0.3) is 0 Å². The van der Waals surface area contributed by atoms with E-state index in [2.05, 4.69) is 15.6 Å². The number of amidine groups is 1. The first-order valence-corrected chi connectivity index (χ1v) is 6.52. The zero-order valence-electron chi connectivity index (χ0n) is 12.4. The van der Waals surface area contributed by atoms with Gasteiger partial charge in [-0.2, -0.15) is 0 Å². The summed E-state index contributed by atoms with van der Waals surface area (Å²) in [6.07, 6.45) is 0. The molecule has 1 aromatic rings. The Morgan fingerprint density at radius 1 is 1.25 bits per heavy atom. The number of nitro benzene ring substituents is 1. The molecule has 6 heteroatoms. The molecule has 1 aliphatic rings. The highest BCUT2D eigenvalue weighted by atomic mass is 16.6. The first-order valence-electron chi connectivity index (χ1n) is 6.52. The van der Waals surface area contributed by atoms with E-state index >= 15 is 0 Å². The van der Waals surface area contributed by atoms with Gasteiger partial charge in [0, 0.05) is 12.1 Å². The van der Waals surface area contributed by atoms with Crippen molar-refractivity contribution < 1.29 is 4.92 Å². The Labute approximate surface area is 118 Å². The fourth-order valence-electron chi connectivity index (χ4n) is 2.04. The molecule has 0 spiro atoms. The van der Waals surface area contributed by atoms with Crippen LogP contribution < -0.4 is 10.6 Å². The van der Waals surface area contributed by atoms with Gasteiger partial charge in [0.25, 0.3) is 5.69 Å². The SMILES string of the molecule is CC(C)(C)N=C1Nc2ccc([N+](=O)[O-])cc2NC1(C)C. The summed E-state index contributed by atoms with van der Waals surface area (Å²) in [6, 6.07) is 4.73. The molecule has 20 heavy (non-hydrogen) atoms. The van der Waals surface area contributed by atoms with Crippen molar-refractivity contribution in [1.82, 2.24) is 0 Å². The number of aliphatic imine (C=N–C) groups is 1. The molecule has 1 aliphatic heterocycles. The van der Waals surface area contributed by atoms with E-state index in [-0.39, 0.29) is 11.2 Å². The molecule has 6 nitrogen and oxygen atoms in total. The zero-order chi connectivity index (χ0) is 15.1. The third-order valence-corrected chi connectivity index (χ3v) is 2.95. The van der Waals surface area contributed by atoms with Crippen LogP contribution in [0.15, 0.2) is 23.2 Å². The number of hydrogen-bond acceptors (Lipinski definition) is 4. The quantitative estimate of drug-likeness (QED) is 0.608. The second kappa shape index (κ2) is 4.47. The number of nitrogens with one attached hydrogen (secondary N) is 2. The van der Waals surface area contributed by atoms with Gasteiger partial charge in [0.15, 0.2) is 0 Å². The van der Waals surface area contributed by atoms with Crippen LogP contribution in [0, 0.1) is 10.1 Å². The highest BCUT2D eigenvalue weighted by molar-refractivity contribution is 6.09. The summed E-state index contributed by atoms with van der Waals surface area (Å²) < 4.78 is 0. The molecule has 0 aromatic heterocycles. The Morgan fingerprint density at radius 2 is 1.90 bits per heavy atom. The van der Waals surface area contributed by atoms with Gasteiger partial charge in [-0.25, -0.2) is 0 Å². The third-order valence-electron chi connectivity index (χ3n) is 2.95. The number of non-ortho nitro benzene ring substituents is 1. The summed E-state index contributed by atoms with van der Waals surface area (Å²) in [4.78, 5) is 15.1. The largest absolute Gasteiger partial charge is 0.371 e. The van der Waals surface area contributed by atoms with Gasteiger partial charge in [0.1, 0.15) is 5.84 Å². The number of fused-ring (bicyclic) bond motifs is 1. The van der Waals surface area contributed by atoms with E-state index in [9.17, 15) is 10.1 Å². The van der Waals surface area contributed by atoms with E-state index in [0.29, 0.717) is 0 Å². The highest BCUT2D eigenvalue weighted by Gasteiger charge is 2.32. The average molecular weight is 276 g/mol. The molecule has 0 amide bonds. The Hall–Kier alpha value is -2.11. The predicted molar refractivity (Wildman–Crippen MR) is 81.6 cm³/mol. The van der Waals surface area contributed by atoms with E-state index in [0.717, 1.165) is 17.2 Å². The number of rotatable bonds is 1. The fraction of sp³-hybridized carbons (Fsp3) is 0.500. The fourth-order valence-corrected chi connectivity index (χ4v) is 2.04. The molecule has 0 saturated heterocycles. The second-order valence-electron chi connectivity index (χ2n) is 6.49. The number of benzene rings is 1. The number of anilines is 2. The summed E-state index contributed by atoms with van der Waals surface area (Å²) >= 11 is 0. The van der Waals surface area contributed by atoms with Crippen LogP contribution in [0.3, 0.4) is 0 Å². The highest BCUT2D eigenvalue weighted by Crippen LogP contribution is 2.34. The molecular weight excluding hydrogens is 256 g/mol. The van der Waals surface area contributed by atoms with Crippen molar-refractivity contribution in [2.75, 3.05) is 10.6 Å². The van der Waals surface area contributed by atoms with Crippen molar-refractivity contribution in [3.63, 3.8) is 0 Å². The van der Waals surface area contributed by atoms with Gasteiger partial charge < -0.3 is 10.6 Å². The van der Waals surface area contributed by atoms with Gasteiger partial charge in [0.05, 0.1) is 27.4 Å². The molecule has 0 bridgehead atoms. The monoisotopic (exact) mass is 276 g/mol. The minimum absolute atomic E-state index is 0.0741. The Morgan fingerprint density at radius 3 is 2.45 bits per heavy atom. The molecule has 0 atom stereocenters. The van der Waals surface area contributed by atoms with Gasteiger partial charge in [-0.1, -0.05) is 0 Å². The van der Waals surface area contributed by atoms with Crippen molar-refractivity contribution in [3.05, 3.63) is 28.3 Å². The second-order valence-corrected chi connectivity index (χ2v) is 6.49. The van der Waals surface area contributed by atoms with Crippen molar-refractivity contribution in [2.45, 2.75) is 45.7 Å². The van der Waals surface area contributed by atoms with Crippen LogP contribution >= 0.6 is 0 Å². The lowest BCUT2D eigenvalue weighted by molar-refractivity contribution is -0.384. The Bertz CT molecular complexity index is 585. The molecule has 0 saturated carbocycles. The predicted octanol–water partition coefficient (Wildman–Crippen LogP) is 3.41. The summed E-state index contributed by atoms with van der Waals surface area (Å²) in [7, 11) is 0. The number of hydrogen-bond donors (Lipinski definition) is 2. The maximum absolute atomic E-state index is 10.8. The van der Waals surface area contributed by atoms with Crippen LogP contribution in [0.5, 0.6) is 0 Å². The molecule has 0 aliphatic carbocycles. The molecule has 0 unspecified atom stereocenters. The van der Waals surface area contributed by atoms with Gasteiger partial charge in [-0.15, -0.1) is 0 Å². The van der Waals surface area contributed by atoms with E-state index < -0.39 is 10.5 Å². The summed E-state index contributed by atoms with van der Waals surface area (Å²) in [5, 5.41) is 17.4. The average Bonchev–Trinajstić information content (AvgIpc) is 2.26. The first kappa shape index (κ1) is 14.3. The van der Waals surface area contributed by atoms with Crippen molar-refractivity contribution in [2.24, 2.45) is 4.99 Å². The zero-order valence-corrected chi connectivity index (χ0v) is 12.4. The maximum Gasteiger partial charge on any atom is 0.271 e. The lowest BCUT2D eigenvalue weighted by Gasteiger charge is -2.37. The van der Waals surface area contributed by atoms with Gasteiger partial charge in [-0.3, -0.25) is 15.1 Å². The van der Waals surface area contributed by atoms with Crippen LogP contribution in [-0.4, -0.2) is 21.8 Å². The van der Waals surface area contributed by atoms with Crippen LogP contribution in [0.1, 0.15) is 34.6 Å². The molecule has 1 aromatic carbocycles. The van der Waals surface area contributed by atoms with E-state index in [1.807, 2.05) is 34.6 Å². The lowest BCUT2D eigenvalue weighted by Crippen LogP contribution is -2.48. The first-order chi connectivity index (χ1) is 9.08. The topological polar surface area (TPSA) is 79.6 Å². The molecule has 2 rings (SSSR count). The minimum Gasteiger partial charge on any atom is -0.371 e. The van der Waals surface area contributed by atoms with Gasteiger partial charge in [-0.05, 0) is 40.7 Å². The summed E-state index contributed by atoms with van der Waals surface area (Å²) in [6.45, 7) is 10.1. The van der Waals surface area contributed by atoms with E-state index in [1.54, 1.807) is 6.07 Å². The van der Waals surface area contributed by atoms with E-state index in [1.165, 1.54) is 12.1 Å². The molecule has 0 fully saturated rings. The Balaban J connectivity index is 2.44. The number of nitro groups is 1. The smallest absolute Gasteiger partial charge is 0.271 e. The normalized spacial score (nSPS) is 18.9. The molecule has 108 valence electrons. The van der Waals surface area contributed by atoms with Crippen molar-refractivity contribution >= 4 is 22.9 Å². The van der Waals surface area contributed by atoms with Crippen molar-refractivity contribution in [3.8, 4) is 0 Å². The molecular formula is C14H20N4O2. The minimum atomic E-state index is -0.407. The standard InChI is InChI=1S/C14H20N4O2/c1-13(2,3)17-12-14(4,5)16-11-8-9(18(19)20)6-7-10(11)15-12/h6-8,16H,1-5H3,(H,15,17).